The standard InChI is InChI=1S/C33H35NO8/c1-24(2)32(35)41-21-20-38-19-18-37-17-16-34-33(36)42-31-28-14-8-6-12-26(28)30(27-13-7-9-15-29(27)31)40-23-22-39-25-10-4-3-5-11-25/h3-15H,1,16-23H2,2H3,(H,34,36). The largest absolute Gasteiger partial charge is 0.490 e. The monoisotopic (exact) mass is 573 g/mol. The van der Waals surface area contributed by atoms with Gasteiger partial charge < -0.3 is 33.7 Å². The number of fused-ring (bicyclic) bond motifs is 2. The molecule has 0 bridgehead atoms. The quantitative estimate of drug-likeness (QED) is 0.0790. The van der Waals surface area contributed by atoms with E-state index >= 15 is 0 Å². The van der Waals surface area contributed by atoms with Gasteiger partial charge in [0.15, 0.2) is 0 Å². The summed E-state index contributed by atoms with van der Waals surface area (Å²) in [6, 6.07) is 24.9. The molecule has 0 aromatic heterocycles. The van der Waals surface area contributed by atoms with Gasteiger partial charge in [-0.2, -0.15) is 0 Å². The molecule has 0 radical (unpaired) electrons. The van der Waals surface area contributed by atoms with E-state index in [-0.39, 0.29) is 26.4 Å². The van der Waals surface area contributed by atoms with Gasteiger partial charge in [0.2, 0.25) is 0 Å². The number of esters is 1. The maximum Gasteiger partial charge on any atom is 0.412 e. The molecular weight excluding hydrogens is 538 g/mol. The third kappa shape index (κ3) is 8.70. The summed E-state index contributed by atoms with van der Waals surface area (Å²) in [5, 5.41) is 5.90. The summed E-state index contributed by atoms with van der Waals surface area (Å²) in [5.74, 6) is 1.49. The first kappa shape index (κ1) is 30.4. The van der Waals surface area contributed by atoms with E-state index in [4.69, 9.17) is 28.4 Å². The maximum absolute atomic E-state index is 12.7. The van der Waals surface area contributed by atoms with E-state index in [1.807, 2.05) is 78.9 Å². The zero-order valence-corrected chi connectivity index (χ0v) is 23.6. The highest BCUT2D eigenvalue weighted by Gasteiger charge is 2.18. The number of para-hydroxylation sites is 1. The Labute approximate surface area is 244 Å². The highest BCUT2D eigenvalue weighted by Crippen LogP contribution is 2.42. The average molecular weight is 574 g/mol. The molecule has 0 aliphatic carbocycles. The maximum atomic E-state index is 12.7. The van der Waals surface area contributed by atoms with Crippen molar-refractivity contribution < 1.29 is 38.0 Å². The first-order valence-electron chi connectivity index (χ1n) is 13.7. The zero-order chi connectivity index (χ0) is 29.6. The topological polar surface area (TPSA) is 102 Å². The van der Waals surface area contributed by atoms with Gasteiger partial charge in [-0.15, -0.1) is 0 Å². The van der Waals surface area contributed by atoms with E-state index in [0.717, 1.165) is 27.3 Å². The van der Waals surface area contributed by atoms with E-state index in [2.05, 4.69) is 11.9 Å². The van der Waals surface area contributed by atoms with Gasteiger partial charge in [0.05, 0.1) is 26.4 Å². The van der Waals surface area contributed by atoms with Gasteiger partial charge in [-0.05, 0) is 19.1 Å². The van der Waals surface area contributed by atoms with Crippen LogP contribution >= 0.6 is 0 Å². The molecule has 0 spiro atoms. The smallest absolute Gasteiger partial charge is 0.412 e. The Morgan fingerprint density at radius 2 is 1.17 bits per heavy atom. The number of amides is 1. The molecule has 0 aliphatic rings. The van der Waals surface area contributed by atoms with E-state index in [9.17, 15) is 9.59 Å². The van der Waals surface area contributed by atoms with Crippen molar-refractivity contribution in [2.75, 3.05) is 52.8 Å². The van der Waals surface area contributed by atoms with Crippen LogP contribution in [0, 0.1) is 0 Å². The molecule has 4 aromatic rings. The van der Waals surface area contributed by atoms with Crippen LogP contribution in [0.5, 0.6) is 17.2 Å². The van der Waals surface area contributed by atoms with Crippen LogP contribution in [-0.4, -0.2) is 64.9 Å². The minimum atomic E-state index is -0.589. The Kier molecular flexibility index (Phi) is 11.6. The third-order valence-corrected chi connectivity index (χ3v) is 6.07. The molecular formula is C33H35NO8. The average Bonchev–Trinajstić information content (AvgIpc) is 3.01. The van der Waals surface area contributed by atoms with Crippen LogP contribution in [-0.2, 0) is 19.0 Å². The fourth-order valence-electron chi connectivity index (χ4n) is 4.13. The van der Waals surface area contributed by atoms with Crippen molar-refractivity contribution in [2.45, 2.75) is 6.92 Å². The molecule has 0 atom stereocenters. The van der Waals surface area contributed by atoms with Crippen LogP contribution in [0.2, 0.25) is 0 Å². The molecule has 0 saturated carbocycles. The Morgan fingerprint density at radius 3 is 1.79 bits per heavy atom. The number of hydrogen-bond donors (Lipinski definition) is 1. The van der Waals surface area contributed by atoms with Crippen LogP contribution < -0.4 is 19.5 Å². The molecule has 4 aromatic carbocycles. The van der Waals surface area contributed by atoms with Gasteiger partial charge in [0.25, 0.3) is 0 Å². The number of hydrogen-bond acceptors (Lipinski definition) is 8. The Bertz CT molecular complexity index is 1430. The second-order valence-corrected chi connectivity index (χ2v) is 9.22. The highest BCUT2D eigenvalue weighted by molar-refractivity contribution is 6.11. The summed E-state index contributed by atoms with van der Waals surface area (Å²) in [5.41, 5.74) is 0.345. The first-order valence-corrected chi connectivity index (χ1v) is 13.7. The van der Waals surface area contributed by atoms with Gasteiger partial charge in [0.1, 0.15) is 37.1 Å². The fourth-order valence-corrected chi connectivity index (χ4v) is 4.13. The van der Waals surface area contributed by atoms with Crippen LogP contribution in [0.15, 0.2) is 91.0 Å². The van der Waals surface area contributed by atoms with Gasteiger partial charge in [0, 0.05) is 33.7 Å². The number of benzene rings is 4. The molecule has 1 amide bonds. The molecule has 9 heteroatoms. The predicted octanol–water partition coefficient (Wildman–Crippen LogP) is 5.69. The number of rotatable bonds is 16. The first-order chi connectivity index (χ1) is 20.5. The lowest BCUT2D eigenvalue weighted by atomic mass is 10.0. The van der Waals surface area contributed by atoms with Crippen molar-refractivity contribution in [1.82, 2.24) is 5.32 Å². The van der Waals surface area contributed by atoms with Gasteiger partial charge in [-0.3, -0.25) is 0 Å². The molecule has 9 nitrogen and oxygen atoms in total. The SMILES string of the molecule is C=C(C)C(=O)OCCOCCOCCNC(=O)Oc1c2ccccc2c(OCCOc2ccccc2)c2ccccc12. The summed E-state index contributed by atoms with van der Waals surface area (Å²) < 4.78 is 33.6. The summed E-state index contributed by atoms with van der Waals surface area (Å²) in [6.07, 6.45) is -0.589. The van der Waals surface area contributed by atoms with Crippen LogP contribution in [0.1, 0.15) is 6.92 Å². The van der Waals surface area contributed by atoms with Crippen molar-refractivity contribution >= 4 is 33.6 Å². The molecule has 0 unspecified atom stereocenters. The number of carbonyl (C=O) groups excluding carboxylic acids is 2. The van der Waals surface area contributed by atoms with Crippen molar-refractivity contribution in [3.8, 4) is 17.2 Å². The number of nitrogens with one attached hydrogen (secondary N) is 1. The van der Waals surface area contributed by atoms with E-state index in [1.165, 1.54) is 0 Å². The number of carbonyl (C=O) groups is 2. The van der Waals surface area contributed by atoms with Crippen molar-refractivity contribution in [2.24, 2.45) is 0 Å². The molecule has 1 N–H and O–H groups in total. The Hall–Kier alpha value is -4.60. The van der Waals surface area contributed by atoms with E-state index < -0.39 is 12.1 Å². The summed E-state index contributed by atoms with van der Waals surface area (Å²) in [6.45, 7) is 7.44. The summed E-state index contributed by atoms with van der Waals surface area (Å²) in [4.78, 5) is 24.0. The van der Waals surface area contributed by atoms with Gasteiger partial charge in [-0.25, -0.2) is 9.59 Å². The van der Waals surface area contributed by atoms with Crippen molar-refractivity contribution in [3.05, 3.63) is 91.0 Å². The fraction of sp³-hybridized carbons (Fsp3) is 0.273. The minimum absolute atomic E-state index is 0.151. The molecule has 0 heterocycles. The molecule has 220 valence electrons. The lowest BCUT2D eigenvalue weighted by molar-refractivity contribution is -0.140. The number of ether oxygens (including phenoxy) is 6. The second-order valence-electron chi connectivity index (χ2n) is 9.22. The Balaban J connectivity index is 1.29. The molecule has 0 saturated heterocycles. The van der Waals surface area contributed by atoms with Crippen molar-refractivity contribution in [1.29, 1.82) is 0 Å². The highest BCUT2D eigenvalue weighted by atomic mass is 16.6. The van der Waals surface area contributed by atoms with E-state index in [0.29, 0.717) is 43.5 Å². The molecule has 0 aliphatic heterocycles. The lowest BCUT2D eigenvalue weighted by Gasteiger charge is -2.17. The Morgan fingerprint density at radius 1 is 0.643 bits per heavy atom. The second kappa shape index (κ2) is 16.0. The third-order valence-electron chi connectivity index (χ3n) is 6.07. The predicted molar refractivity (Wildman–Crippen MR) is 160 cm³/mol. The normalized spacial score (nSPS) is 10.8. The van der Waals surface area contributed by atoms with Gasteiger partial charge >= 0.3 is 12.1 Å². The summed E-state index contributed by atoms with van der Waals surface area (Å²) >= 11 is 0. The lowest BCUT2D eigenvalue weighted by Crippen LogP contribution is -2.30. The summed E-state index contributed by atoms with van der Waals surface area (Å²) in [7, 11) is 0. The molecule has 4 rings (SSSR count). The van der Waals surface area contributed by atoms with Crippen LogP contribution in [0.4, 0.5) is 4.79 Å². The van der Waals surface area contributed by atoms with Crippen LogP contribution in [0.3, 0.4) is 0 Å². The van der Waals surface area contributed by atoms with Crippen molar-refractivity contribution in [3.63, 3.8) is 0 Å². The zero-order valence-electron chi connectivity index (χ0n) is 23.6. The molecule has 0 fully saturated rings. The minimum Gasteiger partial charge on any atom is -0.490 e. The van der Waals surface area contributed by atoms with E-state index in [1.54, 1.807) is 6.92 Å². The van der Waals surface area contributed by atoms with Crippen LogP contribution in [0.25, 0.3) is 21.5 Å². The van der Waals surface area contributed by atoms with Gasteiger partial charge in [-0.1, -0.05) is 73.3 Å². The molecule has 42 heavy (non-hydrogen) atoms.